The number of hydrogen-bond donors (Lipinski definition) is 1. The SMILES string of the molecule is CC[C@@H](C)c1ccc(OCC(=O)Nc2cccc3c2C(=O)c2ccccc2C3=O)cc1. The van der Waals surface area contributed by atoms with Crippen molar-refractivity contribution in [1.29, 1.82) is 0 Å². The molecule has 0 unspecified atom stereocenters. The molecular formula is C26H23NO4. The lowest BCUT2D eigenvalue weighted by atomic mass is 9.83. The molecule has 1 aliphatic rings. The highest BCUT2D eigenvalue weighted by Crippen LogP contribution is 2.32. The summed E-state index contributed by atoms with van der Waals surface area (Å²) in [6.45, 7) is 4.10. The van der Waals surface area contributed by atoms with Crippen LogP contribution in [-0.4, -0.2) is 24.1 Å². The molecule has 3 aromatic rings. The monoisotopic (exact) mass is 413 g/mol. The molecule has 0 saturated carbocycles. The molecule has 1 atom stereocenters. The number of anilines is 1. The molecule has 1 amide bonds. The van der Waals surface area contributed by atoms with Gasteiger partial charge in [0.05, 0.1) is 11.3 Å². The minimum Gasteiger partial charge on any atom is -0.484 e. The van der Waals surface area contributed by atoms with Crippen molar-refractivity contribution in [3.63, 3.8) is 0 Å². The van der Waals surface area contributed by atoms with Crippen molar-refractivity contribution in [3.8, 4) is 5.75 Å². The minimum absolute atomic E-state index is 0.203. The standard InChI is InChI=1S/C26H23NO4/c1-3-16(2)17-11-13-18(14-12-17)31-15-23(28)27-22-10-6-9-21-24(22)26(30)20-8-5-4-7-19(20)25(21)29/h4-14,16H,3,15H2,1-2H3,(H,27,28)/t16-/m1/s1. The molecule has 0 radical (unpaired) electrons. The second-order valence-electron chi connectivity index (χ2n) is 7.65. The largest absolute Gasteiger partial charge is 0.484 e. The van der Waals surface area contributed by atoms with Crippen molar-refractivity contribution in [1.82, 2.24) is 0 Å². The Hall–Kier alpha value is -3.73. The number of carbonyl (C=O) groups excluding carboxylic acids is 3. The summed E-state index contributed by atoms with van der Waals surface area (Å²) >= 11 is 0. The van der Waals surface area contributed by atoms with Gasteiger partial charge in [-0.3, -0.25) is 14.4 Å². The lowest BCUT2D eigenvalue weighted by Crippen LogP contribution is -2.25. The summed E-state index contributed by atoms with van der Waals surface area (Å²) in [6.07, 6.45) is 1.05. The Bertz CT molecular complexity index is 1160. The van der Waals surface area contributed by atoms with Gasteiger partial charge in [0.15, 0.2) is 18.2 Å². The Kier molecular flexibility index (Phi) is 5.67. The first-order valence-corrected chi connectivity index (χ1v) is 10.3. The van der Waals surface area contributed by atoms with Crippen LogP contribution < -0.4 is 10.1 Å². The number of ketones is 2. The first-order chi connectivity index (χ1) is 15.0. The molecule has 156 valence electrons. The second-order valence-corrected chi connectivity index (χ2v) is 7.65. The molecule has 5 nitrogen and oxygen atoms in total. The average molecular weight is 413 g/mol. The summed E-state index contributed by atoms with van der Waals surface area (Å²) in [5.74, 6) is 0.157. The van der Waals surface area contributed by atoms with Crippen LogP contribution in [-0.2, 0) is 4.79 Å². The zero-order chi connectivity index (χ0) is 22.0. The van der Waals surface area contributed by atoms with E-state index in [2.05, 4.69) is 19.2 Å². The predicted octanol–water partition coefficient (Wildman–Crippen LogP) is 4.99. The van der Waals surface area contributed by atoms with Crippen LogP contribution >= 0.6 is 0 Å². The third-order valence-electron chi connectivity index (χ3n) is 5.66. The zero-order valence-corrected chi connectivity index (χ0v) is 17.5. The topological polar surface area (TPSA) is 72.5 Å². The van der Waals surface area contributed by atoms with E-state index in [1.807, 2.05) is 24.3 Å². The molecule has 3 aromatic carbocycles. The highest BCUT2D eigenvalue weighted by atomic mass is 16.5. The number of nitrogens with one attached hydrogen (secondary N) is 1. The number of carbonyl (C=O) groups is 3. The van der Waals surface area contributed by atoms with Crippen LogP contribution in [0.25, 0.3) is 0 Å². The zero-order valence-electron chi connectivity index (χ0n) is 17.5. The number of benzene rings is 3. The van der Waals surface area contributed by atoms with Gasteiger partial charge in [-0.15, -0.1) is 0 Å². The van der Waals surface area contributed by atoms with Gasteiger partial charge in [-0.2, -0.15) is 0 Å². The summed E-state index contributed by atoms with van der Waals surface area (Å²) in [5, 5.41) is 2.72. The van der Waals surface area contributed by atoms with Crippen LogP contribution in [0.3, 0.4) is 0 Å². The van der Waals surface area contributed by atoms with Crippen molar-refractivity contribution in [3.05, 3.63) is 94.5 Å². The summed E-state index contributed by atoms with van der Waals surface area (Å²) in [4.78, 5) is 38.3. The van der Waals surface area contributed by atoms with E-state index in [9.17, 15) is 14.4 Å². The number of amides is 1. The van der Waals surface area contributed by atoms with Crippen molar-refractivity contribution in [2.45, 2.75) is 26.2 Å². The van der Waals surface area contributed by atoms with E-state index < -0.39 is 5.91 Å². The Morgan fingerprint density at radius 1 is 0.871 bits per heavy atom. The van der Waals surface area contributed by atoms with Crippen LogP contribution in [0.15, 0.2) is 66.7 Å². The summed E-state index contributed by atoms with van der Waals surface area (Å²) in [6, 6.07) is 19.3. The van der Waals surface area contributed by atoms with Gasteiger partial charge in [-0.25, -0.2) is 0 Å². The van der Waals surface area contributed by atoms with E-state index in [-0.39, 0.29) is 23.7 Å². The third kappa shape index (κ3) is 3.99. The van der Waals surface area contributed by atoms with Gasteiger partial charge in [0.2, 0.25) is 0 Å². The second kappa shape index (κ2) is 8.56. The first-order valence-electron chi connectivity index (χ1n) is 10.3. The number of fused-ring (bicyclic) bond motifs is 2. The van der Waals surface area contributed by atoms with E-state index in [1.54, 1.807) is 42.5 Å². The number of hydrogen-bond acceptors (Lipinski definition) is 4. The molecule has 0 saturated heterocycles. The van der Waals surface area contributed by atoms with Gasteiger partial charge >= 0.3 is 0 Å². The fourth-order valence-corrected chi connectivity index (χ4v) is 3.71. The van der Waals surface area contributed by atoms with Crippen LogP contribution in [0, 0.1) is 0 Å². The molecule has 0 aromatic heterocycles. The Labute approximate surface area is 181 Å². The van der Waals surface area contributed by atoms with Gasteiger partial charge in [0, 0.05) is 16.7 Å². The summed E-state index contributed by atoms with van der Waals surface area (Å²) in [7, 11) is 0. The fraction of sp³-hybridized carbons (Fsp3) is 0.192. The summed E-state index contributed by atoms with van der Waals surface area (Å²) in [5.41, 5.74) is 2.78. The third-order valence-corrected chi connectivity index (χ3v) is 5.66. The van der Waals surface area contributed by atoms with Crippen molar-refractivity contribution in [2.75, 3.05) is 11.9 Å². The fourth-order valence-electron chi connectivity index (χ4n) is 3.71. The summed E-state index contributed by atoms with van der Waals surface area (Å²) < 4.78 is 5.59. The minimum atomic E-state index is -0.404. The Morgan fingerprint density at radius 3 is 2.19 bits per heavy atom. The molecule has 1 N–H and O–H groups in total. The van der Waals surface area contributed by atoms with E-state index in [1.165, 1.54) is 5.56 Å². The predicted molar refractivity (Wildman–Crippen MR) is 119 cm³/mol. The molecule has 1 aliphatic carbocycles. The van der Waals surface area contributed by atoms with Crippen LogP contribution in [0.2, 0.25) is 0 Å². The highest BCUT2D eigenvalue weighted by Gasteiger charge is 2.31. The number of rotatable bonds is 6. The Balaban J connectivity index is 1.49. The van der Waals surface area contributed by atoms with E-state index in [0.29, 0.717) is 34.0 Å². The van der Waals surface area contributed by atoms with Crippen molar-refractivity contribution >= 4 is 23.2 Å². The van der Waals surface area contributed by atoms with Gasteiger partial charge in [-0.1, -0.05) is 62.4 Å². The normalized spacial score (nSPS) is 13.2. The van der Waals surface area contributed by atoms with E-state index >= 15 is 0 Å². The molecule has 0 aliphatic heterocycles. The van der Waals surface area contributed by atoms with Gasteiger partial charge in [0.1, 0.15) is 5.75 Å². The maximum Gasteiger partial charge on any atom is 0.262 e. The van der Waals surface area contributed by atoms with Crippen molar-refractivity contribution in [2.24, 2.45) is 0 Å². The molecule has 31 heavy (non-hydrogen) atoms. The van der Waals surface area contributed by atoms with Gasteiger partial charge < -0.3 is 10.1 Å². The van der Waals surface area contributed by atoms with Gasteiger partial charge in [0.25, 0.3) is 5.91 Å². The lowest BCUT2D eigenvalue weighted by Gasteiger charge is -2.20. The molecule has 5 heteroatoms. The van der Waals surface area contributed by atoms with Crippen molar-refractivity contribution < 1.29 is 19.1 Å². The first kappa shape index (κ1) is 20.5. The molecule has 0 fully saturated rings. The quantitative estimate of drug-likeness (QED) is 0.483. The molecular weight excluding hydrogens is 390 g/mol. The lowest BCUT2D eigenvalue weighted by molar-refractivity contribution is -0.118. The molecule has 0 spiro atoms. The van der Waals surface area contributed by atoms with E-state index in [4.69, 9.17) is 4.74 Å². The maximum atomic E-state index is 13.0. The maximum absolute atomic E-state index is 13.0. The molecule has 0 bridgehead atoms. The van der Waals surface area contributed by atoms with Gasteiger partial charge in [-0.05, 0) is 36.1 Å². The average Bonchev–Trinajstić information content (AvgIpc) is 2.81. The number of ether oxygens (including phenoxy) is 1. The van der Waals surface area contributed by atoms with Crippen LogP contribution in [0.1, 0.15) is 63.6 Å². The molecule has 0 heterocycles. The highest BCUT2D eigenvalue weighted by molar-refractivity contribution is 6.30. The van der Waals surface area contributed by atoms with Crippen LogP contribution in [0.4, 0.5) is 5.69 Å². The molecule has 4 rings (SSSR count). The smallest absolute Gasteiger partial charge is 0.262 e. The van der Waals surface area contributed by atoms with E-state index in [0.717, 1.165) is 6.42 Å². The van der Waals surface area contributed by atoms with Crippen LogP contribution in [0.5, 0.6) is 5.75 Å². The Morgan fingerprint density at radius 2 is 1.52 bits per heavy atom.